The van der Waals surface area contributed by atoms with Crippen molar-refractivity contribution in [1.82, 2.24) is 15.4 Å². The fourth-order valence-electron chi connectivity index (χ4n) is 2.99. The summed E-state index contributed by atoms with van der Waals surface area (Å²) in [5, 5.41) is 16.2. The van der Waals surface area contributed by atoms with Gasteiger partial charge in [0.1, 0.15) is 5.82 Å². The number of aliphatic hydroxyl groups excluding tert-OH is 1. The number of aliphatic hydroxyl groups is 1. The van der Waals surface area contributed by atoms with Crippen LogP contribution in [0.4, 0.5) is 4.39 Å². The number of amides is 1. The van der Waals surface area contributed by atoms with Gasteiger partial charge in [-0.2, -0.15) is 0 Å². The van der Waals surface area contributed by atoms with Gasteiger partial charge in [-0.05, 0) is 49.6 Å². The van der Waals surface area contributed by atoms with Gasteiger partial charge in [-0.1, -0.05) is 11.2 Å². The van der Waals surface area contributed by atoms with Gasteiger partial charge in [-0.25, -0.2) is 4.39 Å². The molecule has 3 rings (SSSR count). The molecule has 0 radical (unpaired) electrons. The molecule has 0 saturated carbocycles. The molecule has 1 aliphatic heterocycles. The Morgan fingerprint density at radius 2 is 2.32 bits per heavy atom. The van der Waals surface area contributed by atoms with Gasteiger partial charge in [0, 0.05) is 19.2 Å². The van der Waals surface area contributed by atoms with E-state index in [2.05, 4.69) is 15.4 Å². The van der Waals surface area contributed by atoms with Gasteiger partial charge >= 0.3 is 0 Å². The maximum Gasteiger partial charge on any atom is 0.273 e. The second kappa shape index (κ2) is 7.76. The lowest BCUT2D eigenvalue weighted by Gasteiger charge is -2.28. The average molecular weight is 347 g/mol. The largest absolute Gasteiger partial charge is 0.392 e. The Morgan fingerprint density at radius 3 is 3.12 bits per heavy atom. The van der Waals surface area contributed by atoms with E-state index in [1.165, 1.54) is 12.1 Å². The van der Waals surface area contributed by atoms with E-state index in [0.717, 1.165) is 30.5 Å². The van der Waals surface area contributed by atoms with E-state index in [0.29, 0.717) is 18.8 Å². The quantitative estimate of drug-likeness (QED) is 0.865. The van der Waals surface area contributed by atoms with E-state index in [4.69, 9.17) is 4.52 Å². The molecule has 2 N–H and O–H groups in total. The number of piperidine rings is 1. The van der Waals surface area contributed by atoms with Gasteiger partial charge in [-0.3, -0.25) is 9.69 Å². The number of β-amino-alcohol motifs (C(OH)–C–C–N with tert-alkyl or cyclic N) is 1. The number of halogens is 1. The van der Waals surface area contributed by atoms with Crippen LogP contribution in [0.2, 0.25) is 0 Å². The zero-order chi connectivity index (χ0) is 17.8. The minimum absolute atomic E-state index is 0.196. The fourth-order valence-corrected chi connectivity index (χ4v) is 2.99. The molecule has 134 valence electrons. The molecule has 1 aromatic carbocycles. The second-order valence-corrected chi connectivity index (χ2v) is 6.46. The number of nitrogens with one attached hydrogen (secondary N) is 1. The topological polar surface area (TPSA) is 78.6 Å². The number of nitrogens with zero attached hydrogens (tertiary/aromatic N) is 2. The lowest BCUT2D eigenvalue weighted by atomic mass is 10.1. The number of carbonyl (C=O) groups excluding carboxylic acids is 1. The van der Waals surface area contributed by atoms with Crippen LogP contribution in [0.1, 0.15) is 40.2 Å². The molecular formula is C18H22FN3O3. The van der Waals surface area contributed by atoms with Crippen LogP contribution in [0, 0.1) is 12.7 Å². The lowest BCUT2D eigenvalue weighted by molar-refractivity contribution is 0.0622. The molecule has 0 aliphatic carbocycles. The van der Waals surface area contributed by atoms with E-state index in [9.17, 15) is 14.3 Å². The number of benzene rings is 1. The number of likely N-dealkylation sites (tertiary alicyclic amines) is 1. The molecule has 1 amide bonds. The number of hydrogen-bond donors (Lipinski definition) is 2. The van der Waals surface area contributed by atoms with Gasteiger partial charge in [0.25, 0.3) is 5.91 Å². The van der Waals surface area contributed by atoms with Crippen molar-refractivity contribution in [3.63, 3.8) is 0 Å². The van der Waals surface area contributed by atoms with E-state index >= 15 is 0 Å². The molecule has 2 heterocycles. The van der Waals surface area contributed by atoms with Crippen molar-refractivity contribution in [3.05, 3.63) is 52.7 Å². The molecule has 1 aliphatic rings. The summed E-state index contributed by atoms with van der Waals surface area (Å²) < 4.78 is 18.5. The molecule has 1 aromatic heterocycles. The van der Waals surface area contributed by atoms with Crippen LogP contribution in [0.5, 0.6) is 0 Å². The lowest BCUT2D eigenvalue weighted by Crippen LogP contribution is -2.37. The summed E-state index contributed by atoms with van der Waals surface area (Å²) >= 11 is 0. The molecule has 0 bridgehead atoms. The van der Waals surface area contributed by atoms with Crippen molar-refractivity contribution in [2.75, 3.05) is 13.1 Å². The predicted molar refractivity (Wildman–Crippen MR) is 89.3 cm³/mol. The summed E-state index contributed by atoms with van der Waals surface area (Å²) in [4.78, 5) is 14.3. The first-order chi connectivity index (χ1) is 12.0. The first-order valence-electron chi connectivity index (χ1n) is 8.40. The van der Waals surface area contributed by atoms with Crippen LogP contribution in [0.25, 0.3) is 0 Å². The molecule has 1 unspecified atom stereocenters. The SMILES string of the molecule is Cc1ccc(F)cc1CNC(=O)c1cc(CN2CCCC(O)C2)on1. The minimum Gasteiger partial charge on any atom is -0.392 e. The summed E-state index contributed by atoms with van der Waals surface area (Å²) in [5.41, 5.74) is 1.83. The van der Waals surface area contributed by atoms with Gasteiger partial charge < -0.3 is 14.9 Å². The minimum atomic E-state index is -0.364. The van der Waals surface area contributed by atoms with Crippen LogP contribution in [-0.2, 0) is 13.1 Å². The van der Waals surface area contributed by atoms with Crippen molar-refractivity contribution in [2.24, 2.45) is 0 Å². The third kappa shape index (κ3) is 4.64. The van der Waals surface area contributed by atoms with Gasteiger partial charge in [0.15, 0.2) is 11.5 Å². The van der Waals surface area contributed by atoms with E-state index in [1.807, 2.05) is 6.92 Å². The molecular weight excluding hydrogens is 325 g/mol. The highest BCUT2D eigenvalue weighted by atomic mass is 19.1. The Bertz CT molecular complexity index is 747. The highest BCUT2D eigenvalue weighted by molar-refractivity contribution is 5.92. The third-order valence-electron chi connectivity index (χ3n) is 4.40. The summed E-state index contributed by atoms with van der Waals surface area (Å²) in [6.45, 7) is 4.09. The Hall–Kier alpha value is -2.25. The maximum atomic E-state index is 13.3. The molecule has 7 heteroatoms. The van der Waals surface area contributed by atoms with Crippen LogP contribution >= 0.6 is 0 Å². The summed E-state index contributed by atoms with van der Waals surface area (Å²) in [5.74, 6) is -0.110. The summed E-state index contributed by atoms with van der Waals surface area (Å²) in [6, 6.07) is 6.08. The van der Waals surface area contributed by atoms with Gasteiger partial charge in [0.05, 0.1) is 12.6 Å². The molecule has 1 saturated heterocycles. The van der Waals surface area contributed by atoms with Crippen molar-refractivity contribution in [2.45, 2.75) is 39.0 Å². The molecule has 1 atom stereocenters. The van der Waals surface area contributed by atoms with Crippen molar-refractivity contribution >= 4 is 5.91 Å². The fraction of sp³-hybridized carbons (Fsp3) is 0.444. The van der Waals surface area contributed by atoms with Crippen molar-refractivity contribution in [1.29, 1.82) is 0 Å². The van der Waals surface area contributed by atoms with Gasteiger partial charge in [0.2, 0.25) is 0 Å². The number of carbonyl (C=O) groups is 1. The first kappa shape index (κ1) is 17.6. The zero-order valence-corrected chi connectivity index (χ0v) is 14.2. The normalized spacial score (nSPS) is 18.3. The van der Waals surface area contributed by atoms with Crippen LogP contribution in [0.15, 0.2) is 28.8 Å². The van der Waals surface area contributed by atoms with Crippen molar-refractivity contribution in [3.8, 4) is 0 Å². The van der Waals surface area contributed by atoms with Gasteiger partial charge in [-0.15, -0.1) is 0 Å². The number of aromatic nitrogens is 1. The molecule has 1 fully saturated rings. The average Bonchev–Trinajstić information content (AvgIpc) is 3.04. The smallest absolute Gasteiger partial charge is 0.273 e. The number of aryl methyl sites for hydroxylation is 1. The van der Waals surface area contributed by atoms with E-state index < -0.39 is 0 Å². The molecule has 6 nitrogen and oxygen atoms in total. The Morgan fingerprint density at radius 1 is 1.48 bits per heavy atom. The summed E-state index contributed by atoms with van der Waals surface area (Å²) in [7, 11) is 0. The molecule has 25 heavy (non-hydrogen) atoms. The molecule has 2 aromatic rings. The predicted octanol–water partition coefficient (Wildman–Crippen LogP) is 2.01. The highest BCUT2D eigenvalue weighted by Gasteiger charge is 2.20. The third-order valence-corrected chi connectivity index (χ3v) is 4.40. The van der Waals surface area contributed by atoms with Crippen molar-refractivity contribution < 1.29 is 18.8 Å². The van der Waals surface area contributed by atoms with Crippen LogP contribution < -0.4 is 5.32 Å². The number of hydrogen-bond acceptors (Lipinski definition) is 5. The van der Waals surface area contributed by atoms with Crippen LogP contribution in [-0.4, -0.2) is 40.3 Å². The van der Waals surface area contributed by atoms with E-state index in [1.54, 1.807) is 12.1 Å². The van der Waals surface area contributed by atoms with Crippen LogP contribution in [0.3, 0.4) is 0 Å². The first-order valence-corrected chi connectivity index (χ1v) is 8.40. The second-order valence-electron chi connectivity index (χ2n) is 6.46. The zero-order valence-electron chi connectivity index (χ0n) is 14.2. The Kier molecular flexibility index (Phi) is 5.45. The molecule has 0 spiro atoms. The Balaban J connectivity index is 1.56. The monoisotopic (exact) mass is 347 g/mol. The van der Waals surface area contributed by atoms with E-state index in [-0.39, 0.29) is 30.1 Å². The number of rotatable bonds is 5. The Labute approximate surface area is 145 Å². The maximum absolute atomic E-state index is 13.3. The standard InChI is InChI=1S/C18H22FN3O3/c1-12-4-5-14(19)7-13(12)9-20-18(24)17-8-16(25-21-17)11-22-6-2-3-15(23)10-22/h4-5,7-8,15,23H,2-3,6,9-11H2,1H3,(H,20,24). The summed E-state index contributed by atoms with van der Waals surface area (Å²) in [6.07, 6.45) is 1.45. The highest BCUT2D eigenvalue weighted by Crippen LogP contribution is 2.15.